The van der Waals surface area contributed by atoms with Crippen molar-refractivity contribution in [3.63, 3.8) is 0 Å². The lowest BCUT2D eigenvalue weighted by Crippen LogP contribution is -2.06. The normalized spacial score (nSPS) is 9.71. The van der Waals surface area contributed by atoms with E-state index >= 15 is 0 Å². The van der Waals surface area contributed by atoms with Gasteiger partial charge >= 0.3 is 17.6 Å². The van der Waals surface area contributed by atoms with Gasteiger partial charge in [0.2, 0.25) is 5.76 Å². The van der Waals surface area contributed by atoms with Gasteiger partial charge in [-0.1, -0.05) is 0 Å². The van der Waals surface area contributed by atoms with E-state index in [-0.39, 0.29) is 0 Å². The molecule has 0 atom stereocenters. The van der Waals surface area contributed by atoms with Crippen LogP contribution >= 0.6 is 0 Å². The van der Waals surface area contributed by atoms with Crippen LogP contribution in [0.4, 0.5) is 5.69 Å². The Kier molecular flexibility index (Phi) is 2.19. The van der Waals surface area contributed by atoms with Gasteiger partial charge in [0.1, 0.15) is 0 Å². The fourth-order valence-corrected chi connectivity index (χ4v) is 0.847. The minimum atomic E-state index is -1.72. The summed E-state index contributed by atoms with van der Waals surface area (Å²) in [6, 6.07) is 0. The summed E-state index contributed by atoms with van der Waals surface area (Å²) >= 11 is 0. The maximum atomic E-state index is 10.5. The van der Waals surface area contributed by atoms with E-state index in [2.05, 4.69) is 4.42 Å². The van der Waals surface area contributed by atoms with E-state index in [0.29, 0.717) is 6.26 Å². The van der Waals surface area contributed by atoms with Crippen molar-refractivity contribution < 1.29 is 29.1 Å². The molecule has 0 aromatic carbocycles. The van der Waals surface area contributed by atoms with Crippen LogP contribution in [0, 0.1) is 10.1 Å². The molecule has 8 nitrogen and oxygen atoms in total. The van der Waals surface area contributed by atoms with Gasteiger partial charge < -0.3 is 14.6 Å². The van der Waals surface area contributed by atoms with Crippen LogP contribution in [0.25, 0.3) is 0 Å². The van der Waals surface area contributed by atoms with Crippen LogP contribution in [0.5, 0.6) is 0 Å². The Morgan fingerprint density at radius 3 is 2.29 bits per heavy atom. The van der Waals surface area contributed by atoms with E-state index in [9.17, 15) is 19.7 Å². The molecule has 0 aliphatic carbocycles. The van der Waals surface area contributed by atoms with Gasteiger partial charge in [0.15, 0.2) is 11.8 Å². The van der Waals surface area contributed by atoms with E-state index in [1.54, 1.807) is 0 Å². The molecule has 74 valence electrons. The molecular weight excluding hydrogens is 198 g/mol. The SMILES string of the molecule is O=C(O)c1occ([N+](=O)[O-])c1C(=O)O. The van der Waals surface area contributed by atoms with Crippen molar-refractivity contribution in [3.05, 3.63) is 27.7 Å². The van der Waals surface area contributed by atoms with Crippen LogP contribution in [-0.4, -0.2) is 27.1 Å². The molecule has 1 heterocycles. The van der Waals surface area contributed by atoms with Crippen molar-refractivity contribution in [2.75, 3.05) is 0 Å². The lowest BCUT2D eigenvalue weighted by atomic mass is 10.2. The van der Waals surface area contributed by atoms with Crippen LogP contribution in [0.2, 0.25) is 0 Å². The first-order valence-electron chi connectivity index (χ1n) is 3.17. The third-order valence-electron chi connectivity index (χ3n) is 1.38. The predicted molar refractivity (Wildman–Crippen MR) is 39.3 cm³/mol. The van der Waals surface area contributed by atoms with Crippen LogP contribution < -0.4 is 0 Å². The summed E-state index contributed by atoms with van der Waals surface area (Å²) in [7, 11) is 0. The summed E-state index contributed by atoms with van der Waals surface area (Å²) in [5, 5.41) is 27.2. The molecule has 1 aromatic heterocycles. The minimum Gasteiger partial charge on any atom is -0.477 e. The fraction of sp³-hybridized carbons (Fsp3) is 0. The molecule has 0 fully saturated rings. The summed E-state index contributed by atoms with van der Waals surface area (Å²) < 4.78 is 4.26. The van der Waals surface area contributed by atoms with Crippen molar-refractivity contribution in [3.8, 4) is 0 Å². The summed E-state index contributed by atoms with van der Waals surface area (Å²) in [6.07, 6.45) is 0.479. The number of carbonyl (C=O) groups is 2. The zero-order chi connectivity index (χ0) is 10.9. The van der Waals surface area contributed by atoms with Crippen LogP contribution in [-0.2, 0) is 0 Å². The van der Waals surface area contributed by atoms with Crippen LogP contribution in [0.15, 0.2) is 10.7 Å². The van der Waals surface area contributed by atoms with Gasteiger partial charge in [0, 0.05) is 0 Å². The van der Waals surface area contributed by atoms with E-state index in [0.717, 1.165) is 0 Å². The number of hydrogen-bond donors (Lipinski definition) is 2. The van der Waals surface area contributed by atoms with Gasteiger partial charge in [-0.3, -0.25) is 10.1 Å². The van der Waals surface area contributed by atoms with Crippen molar-refractivity contribution in [1.29, 1.82) is 0 Å². The monoisotopic (exact) mass is 201 g/mol. The van der Waals surface area contributed by atoms with Gasteiger partial charge in [-0.25, -0.2) is 9.59 Å². The van der Waals surface area contributed by atoms with E-state index in [1.807, 2.05) is 0 Å². The Hall–Kier alpha value is -2.38. The molecule has 8 heteroatoms. The largest absolute Gasteiger partial charge is 0.477 e. The topological polar surface area (TPSA) is 131 Å². The fourth-order valence-electron chi connectivity index (χ4n) is 0.847. The van der Waals surface area contributed by atoms with Gasteiger partial charge in [0.25, 0.3) is 0 Å². The zero-order valence-electron chi connectivity index (χ0n) is 6.46. The summed E-state index contributed by atoms with van der Waals surface area (Å²) in [5.41, 5.74) is -1.84. The van der Waals surface area contributed by atoms with Gasteiger partial charge in [-0.2, -0.15) is 0 Å². The van der Waals surface area contributed by atoms with Gasteiger partial charge in [0.05, 0.1) is 4.92 Å². The maximum absolute atomic E-state index is 10.5. The van der Waals surface area contributed by atoms with E-state index in [4.69, 9.17) is 10.2 Å². The molecular formula is C6H3NO7. The number of hydrogen-bond acceptors (Lipinski definition) is 5. The number of carboxylic acids is 2. The van der Waals surface area contributed by atoms with E-state index < -0.39 is 33.9 Å². The average molecular weight is 201 g/mol. The number of aromatic carboxylic acids is 2. The molecule has 0 unspecified atom stereocenters. The summed E-state index contributed by atoms with van der Waals surface area (Å²) in [6.45, 7) is 0. The van der Waals surface area contributed by atoms with Gasteiger partial charge in [-0.05, 0) is 0 Å². The molecule has 0 saturated carbocycles. The van der Waals surface area contributed by atoms with Crippen LogP contribution in [0.1, 0.15) is 20.9 Å². The lowest BCUT2D eigenvalue weighted by Gasteiger charge is -1.90. The van der Waals surface area contributed by atoms with Crippen molar-refractivity contribution in [1.82, 2.24) is 0 Å². The number of nitrogens with zero attached hydrogens (tertiary/aromatic N) is 1. The molecule has 0 spiro atoms. The molecule has 0 aliphatic heterocycles. The average Bonchev–Trinajstić information content (AvgIpc) is 2.46. The molecule has 1 rings (SSSR count). The first-order valence-corrected chi connectivity index (χ1v) is 3.17. The summed E-state index contributed by atoms with van der Waals surface area (Å²) in [5.74, 6) is -4.34. The highest BCUT2D eigenvalue weighted by Gasteiger charge is 2.31. The first kappa shape index (κ1) is 9.71. The molecule has 0 aliphatic rings. The smallest absolute Gasteiger partial charge is 0.372 e. The van der Waals surface area contributed by atoms with Crippen LogP contribution in [0.3, 0.4) is 0 Å². The Labute approximate surface area is 75.5 Å². The number of furan rings is 1. The Morgan fingerprint density at radius 1 is 1.36 bits per heavy atom. The van der Waals surface area contributed by atoms with Gasteiger partial charge in [-0.15, -0.1) is 0 Å². The standard InChI is InChI=1S/C6H3NO7/c8-5(9)3-2(7(12)13)1-14-4(3)6(10)11/h1H,(H,8,9)(H,10,11). The zero-order valence-corrected chi connectivity index (χ0v) is 6.46. The minimum absolute atomic E-state index is 0.479. The second kappa shape index (κ2) is 3.17. The maximum Gasteiger partial charge on any atom is 0.372 e. The molecule has 0 saturated heterocycles. The molecule has 0 radical (unpaired) electrons. The number of rotatable bonds is 3. The second-order valence-electron chi connectivity index (χ2n) is 2.19. The molecule has 0 amide bonds. The Balaban J connectivity index is 3.42. The Bertz CT molecular complexity index is 386. The number of carboxylic acid groups (broad SMARTS) is 2. The molecule has 2 N–H and O–H groups in total. The van der Waals surface area contributed by atoms with E-state index in [1.165, 1.54) is 0 Å². The van der Waals surface area contributed by atoms with Crippen molar-refractivity contribution in [2.24, 2.45) is 0 Å². The third-order valence-corrected chi connectivity index (χ3v) is 1.38. The van der Waals surface area contributed by atoms with Crippen molar-refractivity contribution in [2.45, 2.75) is 0 Å². The highest BCUT2D eigenvalue weighted by atomic mass is 16.6. The molecule has 0 bridgehead atoms. The number of nitro groups is 1. The molecule has 14 heavy (non-hydrogen) atoms. The Morgan fingerprint density at radius 2 is 1.93 bits per heavy atom. The second-order valence-corrected chi connectivity index (χ2v) is 2.19. The lowest BCUT2D eigenvalue weighted by molar-refractivity contribution is -0.385. The highest BCUT2D eigenvalue weighted by Crippen LogP contribution is 2.24. The highest BCUT2D eigenvalue weighted by molar-refractivity contribution is 6.02. The predicted octanol–water partition coefficient (Wildman–Crippen LogP) is 0.584. The quantitative estimate of drug-likeness (QED) is 0.540. The third kappa shape index (κ3) is 1.40. The summed E-state index contributed by atoms with van der Waals surface area (Å²) in [4.78, 5) is 30.1. The van der Waals surface area contributed by atoms with Crippen molar-refractivity contribution >= 4 is 17.6 Å². The molecule has 1 aromatic rings. The first-order chi connectivity index (χ1) is 6.45.